The van der Waals surface area contributed by atoms with Crippen LogP contribution in [0, 0.1) is 0 Å². The Hall–Kier alpha value is -1.71. The summed E-state index contributed by atoms with van der Waals surface area (Å²) in [5.74, 6) is 0. The summed E-state index contributed by atoms with van der Waals surface area (Å²) in [5.41, 5.74) is 7.37. The summed E-state index contributed by atoms with van der Waals surface area (Å²) < 4.78 is 0. The van der Waals surface area contributed by atoms with E-state index in [4.69, 9.17) is 5.73 Å². The highest BCUT2D eigenvalue weighted by Crippen LogP contribution is 2.09. The van der Waals surface area contributed by atoms with Crippen molar-refractivity contribution in [3.63, 3.8) is 0 Å². The van der Waals surface area contributed by atoms with Gasteiger partial charge in [-0.15, -0.1) is 0 Å². The lowest BCUT2D eigenvalue weighted by Gasteiger charge is -2.08. The van der Waals surface area contributed by atoms with Gasteiger partial charge in [0.2, 0.25) is 0 Å². The number of nitrogens with one attached hydrogen (secondary N) is 2. The molecule has 15 heavy (non-hydrogen) atoms. The van der Waals surface area contributed by atoms with Crippen LogP contribution in [-0.4, -0.2) is 12.6 Å². The van der Waals surface area contributed by atoms with Gasteiger partial charge < -0.3 is 16.4 Å². The average Bonchev–Trinajstić information content (AvgIpc) is 2.25. The molecular weight excluding hydrogens is 190 g/mol. The minimum atomic E-state index is -0.153. The predicted octanol–water partition coefficient (Wildman–Crippen LogP) is 1.48. The molecule has 0 fully saturated rings. The summed E-state index contributed by atoms with van der Waals surface area (Å²) in [4.78, 5) is 11.2. The van der Waals surface area contributed by atoms with Crippen molar-refractivity contribution < 1.29 is 4.79 Å². The number of anilines is 1. The van der Waals surface area contributed by atoms with Crippen LogP contribution in [-0.2, 0) is 6.54 Å². The normalized spacial score (nSPS) is 9.67. The number of amides is 2. The monoisotopic (exact) mass is 207 g/mol. The maximum Gasteiger partial charge on any atom is 0.315 e. The summed E-state index contributed by atoms with van der Waals surface area (Å²) >= 11 is 0. The van der Waals surface area contributed by atoms with Crippen LogP contribution in [0.5, 0.6) is 0 Å². The molecule has 0 atom stereocenters. The van der Waals surface area contributed by atoms with Crippen LogP contribution in [0.3, 0.4) is 0 Å². The second-order valence-corrected chi connectivity index (χ2v) is 3.31. The lowest BCUT2D eigenvalue weighted by Crippen LogP contribution is -2.35. The topological polar surface area (TPSA) is 67.2 Å². The van der Waals surface area contributed by atoms with Gasteiger partial charge in [0, 0.05) is 18.8 Å². The van der Waals surface area contributed by atoms with Crippen LogP contribution < -0.4 is 16.4 Å². The number of hydrogen-bond acceptors (Lipinski definition) is 2. The summed E-state index contributed by atoms with van der Waals surface area (Å²) in [6, 6.07) is 7.34. The summed E-state index contributed by atoms with van der Waals surface area (Å²) in [7, 11) is 0. The van der Waals surface area contributed by atoms with E-state index >= 15 is 0 Å². The van der Waals surface area contributed by atoms with Crippen LogP contribution in [0.25, 0.3) is 0 Å². The number of urea groups is 1. The van der Waals surface area contributed by atoms with Crippen molar-refractivity contribution in [2.45, 2.75) is 19.9 Å². The van der Waals surface area contributed by atoms with Crippen molar-refractivity contribution >= 4 is 11.7 Å². The zero-order chi connectivity index (χ0) is 11.1. The van der Waals surface area contributed by atoms with Crippen LogP contribution in [0.4, 0.5) is 10.5 Å². The van der Waals surface area contributed by atoms with E-state index in [1.165, 1.54) is 0 Å². The number of para-hydroxylation sites is 1. The Kier molecular flexibility index (Phi) is 4.47. The number of carbonyl (C=O) groups excluding carboxylic acids is 1. The summed E-state index contributed by atoms with van der Waals surface area (Å²) in [5, 5.41) is 5.48. The molecule has 0 aliphatic heterocycles. The molecular formula is C11H17N3O. The molecule has 2 amide bonds. The molecule has 0 unspecified atom stereocenters. The van der Waals surface area contributed by atoms with Gasteiger partial charge in [0.25, 0.3) is 0 Å². The number of nitrogen functional groups attached to an aromatic ring is 1. The quantitative estimate of drug-likeness (QED) is 0.655. The molecule has 0 radical (unpaired) electrons. The van der Waals surface area contributed by atoms with Gasteiger partial charge in [0.05, 0.1) is 0 Å². The van der Waals surface area contributed by atoms with E-state index in [0.717, 1.165) is 12.0 Å². The zero-order valence-electron chi connectivity index (χ0n) is 8.92. The molecule has 1 aromatic carbocycles. The fraction of sp³-hybridized carbons (Fsp3) is 0.364. The van der Waals surface area contributed by atoms with Gasteiger partial charge >= 0.3 is 6.03 Å². The molecule has 0 aliphatic rings. The Bertz CT molecular complexity index is 325. The van der Waals surface area contributed by atoms with Crippen molar-refractivity contribution in [2.24, 2.45) is 0 Å². The van der Waals surface area contributed by atoms with Crippen molar-refractivity contribution in [1.29, 1.82) is 0 Å². The fourth-order valence-corrected chi connectivity index (χ4v) is 1.17. The lowest BCUT2D eigenvalue weighted by atomic mass is 10.2. The lowest BCUT2D eigenvalue weighted by molar-refractivity contribution is 0.240. The first kappa shape index (κ1) is 11.4. The van der Waals surface area contributed by atoms with E-state index in [9.17, 15) is 4.79 Å². The van der Waals surface area contributed by atoms with Crippen molar-refractivity contribution in [3.8, 4) is 0 Å². The Balaban J connectivity index is 2.37. The molecule has 1 rings (SSSR count). The van der Waals surface area contributed by atoms with E-state index in [1.807, 2.05) is 31.2 Å². The third-order valence-corrected chi connectivity index (χ3v) is 2.03. The maximum absolute atomic E-state index is 11.2. The van der Waals surface area contributed by atoms with Gasteiger partial charge in [-0.2, -0.15) is 0 Å². The average molecular weight is 207 g/mol. The predicted molar refractivity (Wildman–Crippen MR) is 61.4 cm³/mol. The molecule has 4 heteroatoms. The maximum atomic E-state index is 11.2. The highest BCUT2D eigenvalue weighted by Gasteiger charge is 2.00. The second-order valence-electron chi connectivity index (χ2n) is 3.31. The second kappa shape index (κ2) is 5.90. The van der Waals surface area contributed by atoms with E-state index in [-0.39, 0.29) is 6.03 Å². The van der Waals surface area contributed by atoms with Crippen LogP contribution >= 0.6 is 0 Å². The Morgan fingerprint density at radius 1 is 1.33 bits per heavy atom. The van der Waals surface area contributed by atoms with Gasteiger partial charge in [0.1, 0.15) is 0 Å². The number of hydrogen-bond donors (Lipinski definition) is 3. The third kappa shape index (κ3) is 3.89. The molecule has 0 bridgehead atoms. The van der Waals surface area contributed by atoms with Crippen LogP contribution in [0.15, 0.2) is 24.3 Å². The molecule has 0 spiro atoms. The molecule has 0 saturated carbocycles. The first-order chi connectivity index (χ1) is 7.24. The highest BCUT2D eigenvalue weighted by atomic mass is 16.2. The molecule has 0 aliphatic carbocycles. The third-order valence-electron chi connectivity index (χ3n) is 2.03. The van der Waals surface area contributed by atoms with Crippen molar-refractivity contribution in [1.82, 2.24) is 10.6 Å². The zero-order valence-corrected chi connectivity index (χ0v) is 8.92. The van der Waals surface area contributed by atoms with E-state index in [1.54, 1.807) is 0 Å². The van der Waals surface area contributed by atoms with Gasteiger partial charge in [-0.3, -0.25) is 0 Å². The highest BCUT2D eigenvalue weighted by molar-refractivity contribution is 5.74. The Labute approximate surface area is 89.9 Å². The molecule has 0 aromatic heterocycles. The van der Waals surface area contributed by atoms with Gasteiger partial charge in [0.15, 0.2) is 0 Å². The number of nitrogens with two attached hydrogens (primary N) is 1. The number of carbonyl (C=O) groups is 1. The Morgan fingerprint density at radius 3 is 2.73 bits per heavy atom. The Morgan fingerprint density at radius 2 is 2.07 bits per heavy atom. The fourth-order valence-electron chi connectivity index (χ4n) is 1.17. The molecule has 0 heterocycles. The van der Waals surface area contributed by atoms with E-state index < -0.39 is 0 Å². The SMILES string of the molecule is CCCNC(=O)NCc1ccccc1N. The van der Waals surface area contributed by atoms with Crippen LogP contribution in [0.1, 0.15) is 18.9 Å². The van der Waals surface area contributed by atoms with Crippen LogP contribution in [0.2, 0.25) is 0 Å². The number of benzene rings is 1. The summed E-state index contributed by atoms with van der Waals surface area (Å²) in [6.07, 6.45) is 0.931. The standard InChI is InChI=1S/C11H17N3O/c1-2-7-13-11(15)14-8-9-5-3-4-6-10(9)12/h3-6H,2,7-8,12H2,1H3,(H2,13,14,15). The van der Waals surface area contributed by atoms with Gasteiger partial charge in [-0.05, 0) is 18.1 Å². The van der Waals surface area contributed by atoms with Gasteiger partial charge in [-0.1, -0.05) is 25.1 Å². The smallest absolute Gasteiger partial charge is 0.315 e. The number of rotatable bonds is 4. The van der Waals surface area contributed by atoms with E-state index in [0.29, 0.717) is 18.8 Å². The van der Waals surface area contributed by atoms with Crippen molar-refractivity contribution in [2.75, 3.05) is 12.3 Å². The minimum absolute atomic E-state index is 0.153. The van der Waals surface area contributed by atoms with Crippen molar-refractivity contribution in [3.05, 3.63) is 29.8 Å². The first-order valence-corrected chi connectivity index (χ1v) is 5.09. The largest absolute Gasteiger partial charge is 0.398 e. The molecule has 0 saturated heterocycles. The summed E-state index contributed by atoms with van der Waals surface area (Å²) in [6.45, 7) is 3.16. The molecule has 82 valence electrons. The molecule has 4 nitrogen and oxygen atoms in total. The van der Waals surface area contributed by atoms with Gasteiger partial charge in [-0.25, -0.2) is 4.79 Å². The molecule has 4 N–H and O–H groups in total. The molecule has 1 aromatic rings. The minimum Gasteiger partial charge on any atom is -0.398 e. The van der Waals surface area contributed by atoms with E-state index in [2.05, 4.69) is 10.6 Å². The first-order valence-electron chi connectivity index (χ1n) is 5.09.